The molecule has 0 aromatic rings. The van der Waals surface area contributed by atoms with Crippen molar-refractivity contribution < 1.29 is 47.6 Å². The average molecular weight is 401 g/mol. The summed E-state index contributed by atoms with van der Waals surface area (Å²) < 4.78 is 34.3. The van der Waals surface area contributed by atoms with Gasteiger partial charge in [-0.05, 0) is 32.1 Å². The minimum Gasteiger partial charge on any atom is -0.748 e. The van der Waals surface area contributed by atoms with Crippen LogP contribution in [0.25, 0.3) is 0 Å². The Labute approximate surface area is 185 Å². The van der Waals surface area contributed by atoms with Gasteiger partial charge in [0.2, 0.25) is 0 Å². The number of rotatable bonds is 18. The Bertz CT molecular complexity index is 387. The first-order chi connectivity index (χ1) is 11.9. The third-order valence-corrected chi connectivity index (χ3v) is 6.28. The van der Waals surface area contributed by atoms with Crippen molar-refractivity contribution in [2.45, 2.75) is 128 Å². The second kappa shape index (κ2) is 19.2. The van der Waals surface area contributed by atoms with Crippen molar-refractivity contribution in [1.29, 1.82) is 0 Å². The Kier molecular flexibility index (Phi) is 21.5. The monoisotopic (exact) mass is 400 g/mol. The molecule has 0 aliphatic rings. The summed E-state index contributed by atoms with van der Waals surface area (Å²) in [5, 5.41) is 9.05. The summed E-state index contributed by atoms with van der Waals surface area (Å²) in [4.78, 5) is 0. The van der Waals surface area contributed by atoms with E-state index in [0.29, 0.717) is 25.7 Å². The van der Waals surface area contributed by atoms with E-state index in [1.54, 1.807) is 0 Å². The summed E-state index contributed by atoms with van der Waals surface area (Å²) >= 11 is 0. The van der Waals surface area contributed by atoms with Crippen LogP contribution in [0.2, 0.25) is 0 Å². The molecule has 2 atom stereocenters. The SMILES string of the molecule is CCCCCCCCCCCC(CCCC(O)CCCC)S(=O)(=O)[O-].[Na+]. The van der Waals surface area contributed by atoms with Crippen molar-refractivity contribution in [3.63, 3.8) is 0 Å². The van der Waals surface area contributed by atoms with E-state index in [9.17, 15) is 18.1 Å². The molecule has 0 aliphatic heterocycles. The summed E-state index contributed by atoms with van der Waals surface area (Å²) in [7, 11) is -4.22. The predicted octanol–water partition coefficient (Wildman–Crippen LogP) is 2.55. The maximum atomic E-state index is 11.4. The third kappa shape index (κ3) is 18.2. The van der Waals surface area contributed by atoms with E-state index in [1.165, 1.54) is 38.5 Å². The van der Waals surface area contributed by atoms with Crippen molar-refractivity contribution in [3.8, 4) is 0 Å². The van der Waals surface area contributed by atoms with Crippen molar-refractivity contribution in [3.05, 3.63) is 0 Å². The maximum absolute atomic E-state index is 11.4. The van der Waals surface area contributed by atoms with Gasteiger partial charge in [0, 0.05) is 5.25 Å². The van der Waals surface area contributed by atoms with Crippen molar-refractivity contribution in [2.24, 2.45) is 0 Å². The number of unbranched alkanes of at least 4 members (excludes halogenated alkanes) is 9. The Hall–Kier alpha value is 0.870. The first kappa shape index (κ1) is 29.1. The maximum Gasteiger partial charge on any atom is 1.00 e. The van der Waals surface area contributed by atoms with E-state index in [-0.39, 0.29) is 35.7 Å². The summed E-state index contributed by atoms with van der Waals surface area (Å²) in [6, 6.07) is 0. The molecule has 4 nitrogen and oxygen atoms in total. The molecule has 0 saturated carbocycles. The van der Waals surface area contributed by atoms with Crippen LogP contribution in [-0.2, 0) is 10.1 Å². The van der Waals surface area contributed by atoms with Crippen LogP contribution in [0.3, 0.4) is 0 Å². The molecular formula is C20H41NaO4S. The van der Waals surface area contributed by atoms with Gasteiger partial charge in [-0.2, -0.15) is 0 Å². The molecule has 0 bridgehead atoms. The zero-order valence-electron chi connectivity index (χ0n) is 17.5. The van der Waals surface area contributed by atoms with Crippen LogP contribution in [0.15, 0.2) is 0 Å². The Morgan fingerprint density at radius 1 is 0.692 bits per heavy atom. The molecule has 6 heteroatoms. The van der Waals surface area contributed by atoms with Crippen LogP contribution >= 0.6 is 0 Å². The number of aliphatic hydroxyl groups is 1. The Balaban J connectivity index is 0. The summed E-state index contributed by atoms with van der Waals surface area (Å²) in [6.07, 6.45) is 15.2. The van der Waals surface area contributed by atoms with E-state index in [2.05, 4.69) is 13.8 Å². The zero-order valence-corrected chi connectivity index (χ0v) is 20.4. The van der Waals surface area contributed by atoms with Gasteiger partial charge in [-0.25, -0.2) is 8.42 Å². The Morgan fingerprint density at radius 2 is 1.12 bits per heavy atom. The molecule has 0 saturated heterocycles. The second-order valence-electron chi connectivity index (χ2n) is 7.46. The van der Waals surface area contributed by atoms with Crippen LogP contribution in [0.1, 0.15) is 117 Å². The fourth-order valence-electron chi connectivity index (χ4n) is 3.28. The molecule has 2 unspecified atom stereocenters. The van der Waals surface area contributed by atoms with E-state index in [0.717, 1.165) is 38.5 Å². The molecule has 0 radical (unpaired) electrons. The predicted molar refractivity (Wildman–Crippen MR) is 105 cm³/mol. The summed E-state index contributed by atoms with van der Waals surface area (Å²) in [6.45, 7) is 4.30. The summed E-state index contributed by atoms with van der Waals surface area (Å²) in [5.41, 5.74) is 0. The minimum atomic E-state index is -4.22. The molecule has 26 heavy (non-hydrogen) atoms. The molecule has 0 heterocycles. The van der Waals surface area contributed by atoms with Gasteiger partial charge in [-0.1, -0.05) is 84.5 Å². The quantitative estimate of drug-likeness (QED) is 0.218. The molecule has 0 aromatic carbocycles. The molecule has 1 N–H and O–H groups in total. The van der Waals surface area contributed by atoms with Crippen LogP contribution in [0.4, 0.5) is 0 Å². The largest absolute Gasteiger partial charge is 1.00 e. The van der Waals surface area contributed by atoms with E-state index in [4.69, 9.17) is 0 Å². The first-order valence-corrected chi connectivity index (χ1v) is 12.0. The van der Waals surface area contributed by atoms with Gasteiger partial charge in [-0.15, -0.1) is 0 Å². The van der Waals surface area contributed by atoms with Crippen LogP contribution in [-0.4, -0.2) is 29.4 Å². The van der Waals surface area contributed by atoms with E-state index in [1.807, 2.05) is 0 Å². The number of aliphatic hydroxyl groups excluding tert-OH is 1. The fraction of sp³-hybridized carbons (Fsp3) is 1.00. The van der Waals surface area contributed by atoms with E-state index >= 15 is 0 Å². The van der Waals surface area contributed by atoms with Crippen molar-refractivity contribution in [2.75, 3.05) is 0 Å². The molecule has 0 fully saturated rings. The molecule has 0 amide bonds. The Morgan fingerprint density at radius 3 is 1.62 bits per heavy atom. The minimum absolute atomic E-state index is 0. The number of hydrogen-bond acceptors (Lipinski definition) is 4. The number of hydrogen-bond donors (Lipinski definition) is 1. The van der Waals surface area contributed by atoms with Crippen molar-refractivity contribution >= 4 is 10.1 Å². The first-order valence-electron chi connectivity index (χ1n) is 10.5. The molecule has 0 spiro atoms. The molecule has 0 aliphatic carbocycles. The van der Waals surface area contributed by atoms with Gasteiger partial charge in [-0.3, -0.25) is 0 Å². The molecule has 152 valence electrons. The van der Waals surface area contributed by atoms with Crippen LogP contribution in [0, 0.1) is 0 Å². The molecule has 0 rings (SSSR count). The second-order valence-corrected chi connectivity index (χ2v) is 9.11. The summed E-state index contributed by atoms with van der Waals surface area (Å²) in [5.74, 6) is 0. The third-order valence-electron chi connectivity index (χ3n) is 4.99. The normalized spacial score (nSPS) is 14.0. The van der Waals surface area contributed by atoms with Gasteiger partial charge in [0.1, 0.15) is 0 Å². The zero-order chi connectivity index (χ0) is 19.0. The average Bonchev–Trinajstić information content (AvgIpc) is 2.55. The van der Waals surface area contributed by atoms with Crippen LogP contribution in [0.5, 0.6) is 0 Å². The van der Waals surface area contributed by atoms with Gasteiger partial charge in [0.15, 0.2) is 0 Å². The smallest absolute Gasteiger partial charge is 0.748 e. The standard InChI is InChI=1S/C20H42O4S.Na/c1-3-5-7-8-9-10-11-12-13-17-20(25(22,23)24)18-14-16-19(21)15-6-4-2;/h19-21H,3-18H2,1-2H3,(H,22,23,24);/q;+1/p-1. The van der Waals surface area contributed by atoms with Gasteiger partial charge < -0.3 is 9.66 Å². The topological polar surface area (TPSA) is 77.4 Å². The van der Waals surface area contributed by atoms with Gasteiger partial charge in [0.05, 0.1) is 16.2 Å². The molecule has 0 aromatic heterocycles. The van der Waals surface area contributed by atoms with E-state index < -0.39 is 15.4 Å². The van der Waals surface area contributed by atoms with Gasteiger partial charge in [0.25, 0.3) is 0 Å². The van der Waals surface area contributed by atoms with Gasteiger partial charge >= 0.3 is 29.6 Å². The molecular weight excluding hydrogens is 359 g/mol. The fourth-order valence-corrected chi connectivity index (χ4v) is 4.19. The van der Waals surface area contributed by atoms with Crippen LogP contribution < -0.4 is 29.6 Å². The van der Waals surface area contributed by atoms with Crippen molar-refractivity contribution in [1.82, 2.24) is 0 Å².